The van der Waals surface area contributed by atoms with Crippen molar-refractivity contribution >= 4 is 5.96 Å². The first kappa shape index (κ1) is 18.7. The Bertz CT molecular complexity index is 489. The van der Waals surface area contributed by atoms with Crippen LogP contribution in [0, 0.1) is 0 Å². The van der Waals surface area contributed by atoms with E-state index in [4.69, 9.17) is 0 Å². The van der Waals surface area contributed by atoms with Crippen LogP contribution < -0.4 is 10.6 Å². The topological polar surface area (TPSA) is 70.4 Å². The van der Waals surface area contributed by atoms with Gasteiger partial charge in [-0.05, 0) is 25.8 Å². The normalized spacial score (nSPS) is 17.2. The molecule has 0 saturated carbocycles. The molecule has 1 saturated heterocycles. The number of guanidine groups is 1. The lowest BCUT2D eigenvalue weighted by molar-refractivity contribution is 0.203. The first-order valence-corrected chi connectivity index (χ1v) is 9.33. The number of piperidine rings is 1. The molecule has 136 valence electrons. The molecule has 0 aromatic carbocycles. The zero-order valence-corrected chi connectivity index (χ0v) is 15.5. The first-order valence-electron chi connectivity index (χ1n) is 9.33. The van der Waals surface area contributed by atoms with Crippen molar-refractivity contribution in [2.45, 2.75) is 58.5 Å². The summed E-state index contributed by atoms with van der Waals surface area (Å²) in [5.41, 5.74) is 0. The maximum Gasteiger partial charge on any atom is 0.191 e. The van der Waals surface area contributed by atoms with Crippen molar-refractivity contribution in [1.29, 1.82) is 0 Å². The Labute approximate surface area is 145 Å². The second-order valence-corrected chi connectivity index (χ2v) is 6.41. The molecule has 7 nitrogen and oxygen atoms in total. The molecule has 2 N–H and O–H groups in total. The molecule has 24 heavy (non-hydrogen) atoms. The highest BCUT2D eigenvalue weighted by atomic mass is 15.3. The van der Waals surface area contributed by atoms with Crippen LogP contribution in [0.25, 0.3) is 0 Å². The predicted octanol–water partition coefficient (Wildman–Crippen LogP) is 1.27. The molecule has 1 aliphatic rings. The number of hydrogen-bond acceptors (Lipinski definition) is 4. The lowest BCUT2D eigenvalue weighted by Gasteiger charge is -2.33. The second-order valence-electron chi connectivity index (χ2n) is 6.41. The molecule has 0 atom stereocenters. The van der Waals surface area contributed by atoms with Crippen molar-refractivity contribution in [2.24, 2.45) is 4.99 Å². The average Bonchev–Trinajstić information content (AvgIpc) is 3.07. The molecule has 2 rings (SSSR count). The van der Waals surface area contributed by atoms with Gasteiger partial charge in [-0.25, -0.2) is 0 Å². The van der Waals surface area contributed by atoms with E-state index in [1.807, 2.05) is 7.05 Å². The number of unbranched alkanes of at least 4 members (excludes halogenated alkanes) is 1. The maximum absolute atomic E-state index is 4.35. The molecule has 1 aliphatic heterocycles. The molecule has 7 heteroatoms. The Balaban J connectivity index is 1.67. The van der Waals surface area contributed by atoms with Crippen molar-refractivity contribution in [3.8, 4) is 0 Å². The van der Waals surface area contributed by atoms with Gasteiger partial charge >= 0.3 is 0 Å². The monoisotopic (exact) mass is 335 g/mol. The molecule has 0 spiro atoms. The quantitative estimate of drug-likeness (QED) is 0.553. The third-order valence-corrected chi connectivity index (χ3v) is 4.64. The van der Waals surface area contributed by atoms with Crippen molar-refractivity contribution in [1.82, 2.24) is 30.3 Å². The molecule has 0 radical (unpaired) electrons. The van der Waals surface area contributed by atoms with Gasteiger partial charge in [0.1, 0.15) is 12.2 Å². The van der Waals surface area contributed by atoms with E-state index in [0.29, 0.717) is 6.04 Å². The summed E-state index contributed by atoms with van der Waals surface area (Å²) in [5.74, 6) is 1.92. The third kappa shape index (κ3) is 5.78. The number of rotatable bonds is 8. The summed E-state index contributed by atoms with van der Waals surface area (Å²) in [7, 11) is 1.84. The summed E-state index contributed by atoms with van der Waals surface area (Å²) in [6.45, 7) is 9.65. The van der Waals surface area contributed by atoms with Crippen LogP contribution in [0.4, 0.5) is 0 Å². The van der Waals surface area contributed by atoms with Crippen LogP contribution in [-0.2, 0) is 13.0 Å². The van der Waals surface area contributed by atoms with Crippen LogP contribution >= 0.6 is 0 Å². The molecule has 1 fully saturated rings. The average molecular weight is 336 g/mol. The molecule has 1 aromatic heterocycles. The van der Waals surface area contributed by atoms with Gasteiger partial charge in [-0.3, -0.25) is 4.99 Å². The molecular formula is C17H33N7. The second kappa shape index (κ2) is 10.3. The zero-order valence-electron chi connectivity index (χ0n) is 15.5. The van der Waals surface area contributed by atoms with Crippen molar-refractivity contribution < 1.29 is 0 Å². The van der Waals surface area contributed by atoms with E-state index in [1.165, 1.54) is 45.3 Å². The third-order valence-electron chi connectivity index (χ3n) is 4.64. The van der Waals surface area contributed by atoms with Gasteiger partial charge in [-0.15, -0.1) is 10.2 Å². The predicted molar refractivity (Wildman–Crippen MR) is 98.3 cm³/mol. The molecule has 0 bridgehead atoms. The van der Waals surface area contributed by atoms with Crippen LogP contribution in [0.2, 0.25) is 0 Å². The van der Waals surface area contributed by atoms with E-state index in [0.717, 1.165) is 31.3 Å². The van der Waals surface area contributed by atoms with Crippen LogP contribution in [0.15, 0.2) is 11.3 Å². The summed E-state index contributed by atoms with van der Waals surface area (Å²) in [6, 6.07) is 0.523. The largest absolute Gasteiger partial charge is 0.355 e. The fraction of sp³-hybridized carbons (Fsp3) is 0.824. The summed E-state index contributed by atoms with van der Waals surface area (Å²) in [5, 5.41) is 15.0. The Hall–Kier alpha value is -1.63. The Morgan fingerprint density at radius 1 is 1.29 bits per heavy atom. The van der Waals surface area contributed by atoms with E-state index in [1.54, 1.807) is 6.33 Å². The minimum Gasteiger partial charge on any atom is -0.355 e. The highest BCUT2D eigenvalue weighted by molar-refractivity contribution is 5.79. The SMILES string of the molecule is CCCCN1CCC(NC(=NC)NCCn2cnnc2CC)CC1. The lowest BCUT2D eigenvalue weighted by Crippen LogP contribution is -2.49. The number of aryl methyl sites for hydroxylation is 1. The van der Waals surface area contributed by atoms with Gasteiger partial charge in [-0.1, -0.05) is 20.3 Å². The fourth-order valence-corrected chi connectivity index (χ4v) is 3.10. The number of aromatic nitrogens is 3. The molecule has 2 heterocycles. The van der Waals surface area contributed by atoms with Gasteiger partial charge in [-0.2, -0.15) is 0 Å². The zero-order chi connectivity index (χ0) is 17.2. The fourth-order valence-electron chi connectivity index (χ4n) is 3.10. The van der Waals surface area contributed by atoms with E-state index < -0.39 is 0 Å². The number of likely N-dealkylation sites (tertiary alicyclic amines) is 1. The Kier molecular flexibility index (Phi) is 8.01. The Morgan fingerprint density at radius 2 is 2.08 bits per heavy atom. The van der Waals surface area contributed by atoms with Crippen molar-refractivity contribution in [3.63, 3.8) is 0 Å². The number of aliphatic imine (C=N–C) groups is 1. The summed E-state index contributed by atoms with van der Waals surface area (Å²) >= 11 is 0. The molecule has 0 aliphatic carbocycles. The van der Waals surface area contributed by atoms with Crippen LogP contribution in [0.3, 0.4) is 0 Å². The summed E-state index contributed by atoms with van der Waals surface area (Å²) in [6.07, 6.45) is 7.67. The van der Waals surface area contributed by atoms with Gasteiger partial charge in [0.15, 0.2) is 5.96 Å². The van der Waals surface area contributed by atoms with E-state index >= 15 is 0 Å². The van der Waals surface area contributed by atoms with Gasteiger partial charge in [0, 0.05) is 45.7 Å². The summed E-state index contributed by atoms with van der Waals surface area (Å²) < 4.78 is 2.09. The van der Waals surface area contributed by atoms with Crippen LogP contribution in [0.5, 0.6) is 0 Å². The number of hydrogen-bond donors (Lipinski definition) is 2. The molecule has 1 aromatic rings. The minimum absolute atomic E-state index is 0.523. The van der Waals surface area contributed by atoms with E-state index in [-0.39, 0.29) is 0 Å². The summed E-state index contributed by atoms with van der Waals surface area (Å²) in [4.78, 5) is 6.93. The van der Waals surface area contributed by atoms with E-state index in [2.05, 4.69) is 49.1 Å². The van der Waals surface area contributed by atoms with Gasteiger partial charge in [0.25, 0.3) is 0 Å². The van der Waals surface area contributed by atoms with Crippen molar-refractivity contribution in [2.75, 3.05) is 33.2 Å². The number of nitrogens with one attached hydrogen (secondary N) is 2. The van der Waals surface area contributed by atoms with E-state index in [9.17, 15) is 0 Å². The molecular weight excluding hydrogens is 302 g/mol. The van der Waals surface area contributed by atoms with Crippen LogP contribution in [-0.4, -0.2) is 64.9 Å². The maximum atomic E-state index is 4.35. The minimum atomic E-state index is 0.523. The van der Waals surface area contributed by atoms with Crippen molar-refractivity contribution in [3.05, 3.63) is 12.2 Å². The number of nitrogens with zero attached hydrogens (tertiary/aromatic N) is 5. The van der Waals surface area contributed by atoms with Crippen LogP contribution in [0.1, 0.15) is 45.4 Å². The molecule has 0 unspecified atom stereocenters. The van der Waals surface area contributed by atoms with Gasteiger partial charge < -0.3 is 20.1 Å². The lowest BCUT2D eigenvalue weighted by atomic mass is 10.0. The highest BCUT2D eigenvalue weighted by Crippen LogP contribution is 2.11. The highest BCUT2D eigenvalue weighted by Gasteiger charge is 2.19. The van der Waals surface area contributed by atoms with Gasteiger partial charge in [0.05, 0.1) is 0 Å². The van der Waals surface area contributed by atoms with Gasteiger partial charge in [0.2, 0.25) is 0 Å². The Morgan fingerprint density at radius 3 is 2.75 bits per heavy atom. The standard InChI is InChI=1S/C17H33N7/c1-4-6-10-23-11-7-15(8-12-23)21-17(18-3)19-9-13-24-14-20-22-16(24)5-2/h14-15H,4-13H2,1-3H3,(H2,18,19,21). The molecule has 0 amide bonds. The first-order chi connectivity index (χ1) is 11.8. The smallest absolute Gasteiger partial charge is 0.191 e.